The number of rotatable bonds is 27. The molecule has 1 unspecified atom stereocenters. The van der Waals surface area contributed by atoms with Crippen LogP contribution in [0.1, 0.15) is 92.8 Å². The van der Waals surface area contributed by atoms with Crippen LogP contribution in [0.3, 0.4) is 0 Å². The molecule has 0 radical (unpaired) electrons. The number of fused-ring (bicyclic) bond motifs is 4. The molecular formula is C51H69N15O11. The molecule has 6 rings (SSSR count). The number of guanidine groups is 1. The van der Waals surface area contributed by atoms with E-state index in [1.54, 1.807) is 24.3 Å². The van der Waals surface area contributed by atoms with E-state index in [2.05, 4.69) is 46.5 Å². The van der Waals surface area contributed by atoms with Crippen molar-refractivity contribution in [3.63, 3.8) is 0 Å². The lowest BCUT2D eigenvalue weighted by molar-refractivity contribution is -0.149. The van der Waals surface area contributed by atoms with Crippen LogP contribution >= 0.6 is 0 Å². The van der Waals surface area contributed by atoms with Crippen molar-refractivity contribution >= 4 is 70.3 Å². The fourth-order valence-corrected chi connectivity index (χ4v) is 9.70. The van der Waals surface area contributed by atoms with Gasteiger partial charge in [0, 0.05) is 60.8 Å². The number of nitrogens with one attached hydrogen (secondary N) is 7. The van der Waals surface area contributed by atoms with Crippen molar-refractivity contribution in [3.05, 3.63) is 89.1 Å². The van der Waals surface area contributed by atoms with E-state index >= 15 is 14.4 Å². The van der Waals surface area contributed by atoms with Crippen LogP contribution in [0.15, 0.2) is 66.0 Å². The molecule has 2 aromatic heterocycles. The van der Waals surface area contributed by atoms with Crippen molar-refractivity contribution < 1.29 is 53.4 Å². The van der Waals surface area contributed by atoms with Crippen LogP contribution in [-0.2, 0) is 70.7 Å². The molecule has 4 heterocycles. The number of carbonyl (C=O) groups excluding carboxylic acids is 7. The zero-order valence-electron chi connectivity index (χ0n) is 42.8. The Labute approximate surface area is 443 Å². The second kappa shape index (κ2) is 27.3. The van der Waals surface area contributed by atoms with Crippen LogP contribution in [0.25, 0.3) is 10.9 Å². The molecule has 77 heavy (non-hydrogen) atoms. The van der Waals surface area contributed by atoms with Gasteiger partial charge in [0.25, 0.3) is 0 Å². The standard InChI is InChI=1S/C51H69N15O11/c1-2-3-14-34(64-51(55)77)43(69)62-37(23-42(67)68)44(70)63-38(21-30-24-56-27-58-30)48(74)65-25-29-12-5-4-11-28(29)20-40(65)45(71)60-35(17-10-19-57-50(53)54)47(73)66-26-39-32(31-13-6-7-15-33(31)59-39)22-41(66)46(72)61-36(49(75)76)16-8-9-18-52/h4-7,11-13,15,24,27,34-38,40-41,59H,2-3,8-10,14,16-23,25-26,52H2,1H3,(H,56,58)(H,60,71)(H,61,72)(H,62,69)(H,63,70)(H,67,68)(H,75,76)(H4,53,54,57)(H3,55,64,77)/t34-,35-,36-,37-,38-,40+,41?/m0/s1. The number of aliphatic imine (C=N–C) groups is 1. The summed E-state index contributed by atoms with van der Waals surface area (Å²) in [6.45, 7) is 1.92. The van der Waals surface area contributed by atoms with Crippen LogP contribution < -0.4 is 49.5 Å². The number of urea groups is 1. The molecule has 2 aliphatic rings. The van der Waals surface area contributed by atoms with Crippen molar-refractivity contribution in [3.8, 4) is 0 Å². The molecule has 26 heteroatoms. The Morgan fingerprint density at radius 1 is 0.714 bits per heavy atom. The maximum Gasteiger partial charge on any atom is 0.326 e. The van der Waals surface area contributed by atoms with Gasteiger partial charge in [-0.2, -0.15) is 0 Å². The Morgan fingerprint density at radius 2 is 1.34 bits per heavy atom. The summed E-state index contributed by atoms with van der Waals surface area (Å²) in [6.07, 6.45) is 3.85. The second-order valence-corrected chi connectivity index (χ2v) is 19.2. The summed E-state index contributed by atoms with van der Waals surface area (Å²) < 4.78 is 0. The third-order valence-corrected chi connectivity index (χ3v) is 13.6. The molecule has 0 fully saturated rings. The number of imidazole rings is 1. The summed E-state index contributed by atoms with van der Waals surface area (Å²) in [5.41, 5.74) is 26.1. The lowest BCUT2D eigenvalue weighted by Gasteiger charge is -2.40. The number of aromatic nitrogens is 3. The molecule has 0 spiro atoms. The van der Waals surface area contributed by atoms with E-state index in [1.165, 1.54) is 22.3 Å². The average molecular weight is 1070 g/mol. The summed E-state index contributed by atoms with van der Waals surface area (Å²) >= 11 is 0. The molecule has 0 saturated heterocycles. The molecule has 17 N–H and O–H groups in total. The normalized spacial score (nSPS) is 16.8. The Kier molecular flexibility index (Phi) is 20.5. The largest absolute Gasteiger partial charge is 0.481 e. The first-order valence-electron chi connectivity index (χ1n) is 25.6. The number of nitrogens with two attached hydrogens (primary N) is 4. The second-order valence-electron chi connectivity index (χ2n) is 19.2. The highest BCUT2D eigenvalue weighted by Gasteiger charge is 2.44. The number of carbonyl (C=O) groups is 9. The Balaban J connectivity index is 1.34. The molecular weight excluding hydrogens is 999 g/mol. The number of aromatic amines is 2. The predicted molar refractivity (Wildman–Crippen MR) is 280 cm³/mol. The highest BCUT2D eigenvalue weighted by atomic mass is 16.4. The number of nitrogens with zero attached hydrogens (tertiary/aromatic N) is 4. The number of carboxylic acid groups (broad SMARTS) is 2. The number of hydrogen-bond donors (Lipinski definition) is 13. The van der Waals surface area contributed by atoms with E-state index in [0.29, 0.717) is 54.7 Å². The first-order chi connectivity index (χ1) is 36.9. The van der Waals surface area contributed by atoms with Gasteiger partial charge in [-0.15, -0.1) is 0 Å². The molecule has 0 bridgehead atoms. The molecule has 0 saturated carbocycles. The van der Waals surface area contributed by atoms with E-state index in [9.17, 15) is 39.0 Å². The van der Waals surface area contributed by atoms with E-state index in [0.717, 1.165) is 16.5 Å². The third-order valence-electron chi connectivity index (χ3n) is 13.6. The van der Waals surface area contributed by atoms with Gasteiger partial charge in [0.1, 0.15) is 42.3 Å². The Morgan fingerprint density at radius 3 is 2.00 bits per heavy atom. The van der Waals surface area contributed by atoms with Crippen molar-refractivity contribution in [1.29, 1.82) is 0 Å². The number of para-hydroxylation sites is 1. The molecule has 7 atom stereocenters. The highest BCUT2D eigenvalue weighted by molar-refractivity contribution is 5.99. The van der Waals surface area contributed by atoms with Crippen molar-refractivity contribution in [2.24, 2.45) is 27.9 Å². The summed E-state index contributed by atoms with van der Waals surface area (Å²) in [7, 11) is 0. The number of unbranched alkanes of at least 4 members (excludes halogenated alkanes) is 2. The summed E-state index contributed by atoms with van der Waals surface area (Å²) in [5, 5.41) is 33.6. The third kappa shape index (κ3) is 15.5. The van der Waals surface area contributed by atoms with Gasteiger partial charge in [-0.1, -0.05) is 62.2 Å². The smallest absolute Gasteiger partial charge is 0.326 e. The van der Waals surface area contributed by atoms with Crippen molar-refractivity contribution in [2.75, 3.05) is 13.1 Å². The molecule has 4 aromatic rings. The van der Waals surface area contributed by atoms with Crippen LogP contribution in [-0.4, -0.2) is 150 Å². The maximum absolute atomic E-state index is 15.3. The minimum atomic E-state index is -1.75. The zero-order chi connectivity index (χ0) is 55.8. The maximum atomic E-state index is 15.3. The van der Waals surface area contributed by atoms with Crippen LogP contribution in [0.2, 0.25) is 0 Å². The average Bonchev–Trinajstić information content (AvgIpc) is 4.08. The van der Waals surface area contributed by atoms with Gasteiger partial charge < -0.3 is 79.5 Å². The number of hydrogen-bond acceptors (Lipinski definition) is 12. The SMILES string of the molecule is CCCC[C@H](NC(N)=O)C(=O)N[C@@H](CC(=O)O)C(=O)N[C@@H](Cc1cnc[nH]1)C(=O)N1Cc2ccccc2C[C@@H]1C(=O)N[C@@H](CCCN=C(N)N)C(=O)N1Cc2[nH]c3ccccc3c2CC1C(=O)N[C@@H](CCCCN)C(=O)O. The number of aliphatic carboxylic acids is 2. The topological polar surface area (TPSA) is 422 Å². The number of benzene rings is 2. The van der Waals surface area contributed by atoms with Crippen molar-refractivity contribution in [1.82, 2.24) is 51.3 Å². The molecule has 2 aromatic carbocycles. The van der Waals surface area contributed by atoms with Gasteiger partial charge in [0.2, 0.25) is 35.4 Å². The number of carboxylic acids is 2. The predicted octanol–water partition coefficient (Wildman–Crippen LogP) is -0.751. The number of primary amides is 1. The lowest BCUT2D eigenvalue weighted by Crippen LogP contribution is -2.63. The Hall–Kier alpha value is -8.55. The van der Waals surface area contributed by atoms with E-state index in [1.807, 2.05) is 31.2 Å². The Bertz CT molecular complexity index is 2800. The van der Waals surface area contributed by atoms with Gasteiger partial charge in [0.15, 0.2) is 5.96 Å². The summed E-state index contributed by atoms with van der Waals surface area (Å²) in [5.74, 6) is -7.91. The fourth-order valence-electron chi connectivity index (χ4n) is 9.70. The van der Waals surface area contributed by atoms with E-state index < -0.39 is 102 Å². The number of amides is 8. The minimum absolute atomic E-state index is 0.00738. The first-order valence-corrected chi connectivity index (χ1v) is 25.6. The number of H-pyrrole nitrogens is 2. The van der Waals surface area contributed by atoms with Crippen molar-refractivity contribution in [2.45, 2.75) is 139 Å². The molecule has 26 nitrogen and oxygen atoms in total. The molecule has 8 amide bonds. The van der Waals surface area contributed by atoms with Crippen LogP contribution in [0.5, 0.6) is 0 Å². The minimum Gasteiger partial charge on any atom is -0.481 e. The van der Waals surface area contributed by atoms with Crippen LogP contribution in [0.4, 0.5) is 4.79 Å². The molecule has 414 valence electrons. The van der Waals surface area contributed by atoms with E-state index in [4.69, 9.17) is 22.9 Å². The van der Waals surface area contributed by atoms with E-state index in [-0.39, 0.29) is 70.5 Å². The quantitative estimate of drug-likeness (QED) is 0.0199. The molecule has 0 aliphatic carbocycles. The highest BCUT2D eigenvalue weighted by Crippen LogP contribution is 2.32. The lowest BCUT2D eigenvalue weighted by atomic mass is 9.91. The monoisotopic (exact) mass is 1070 g/mol. The van der Waals surface area contributed by atoms with Gasteiger partial charge >= 0.3 is 18.0 Å². The van der Waals surface area contributed by atoms with Gasteiger partial charge in [-0.25, -0.2) is 14.6 Å². The van der Waals surface area contributed by atoms with Crippen LogP contribution in [0, 0.1) is 0 Å². The zero-order valence-corrected chi connectivity index (χ0v) is 42.8. The van der Waals surface area contributed by atoms with Gasteiger partial charge in [-0.3, -0.25) is 38.6 Å². The first kappa shape index (κ1) is 57.7. The summed E-state index contributed by atoms with van der Waals surface area (Å²) in [6, 6.07) is 3.70. The fraction of sp³-hybridized carbons (Fsp3) is 0.471. The van der Waals surface area contributed by atoms with Gasteiger partial charge in [0.05, 0.1) is 19.3 Å². The van der Waals surface area contributed by atoms with Gasteiger partial charge in [-0.05, 0) is 67.8 Å². The summed E-state index contributed by atoms with van der Waals surface area (Å²) in [4.78, 5) is 141. The molecule has 2 aliphatic heterocycles.